The standard InChI is InChI=1S/C10H18N2O6/c1-17-9(15)11-6-4-3-5-7(8(13)14)12-10(16)18-2/h7H,3-6H2,1-2H3,(H,11,15)(H,12,16)(H,13,14). The molecular weight excluding hydrogens is 244 g/mol. The molecule has 1 atom stereocenters. The Balaban J connectivity index is 3.81. The average molecular weight is 262 g/mol. The van der Waals surface area contributed by atoms with E-state index in [4.69, 9.17) is 5.11 Å². The maximum absolute atomic E-state index is 10.9. The van der Waals surface area contributed by atoms with Crippen molar-refractivity contribution in [3.63, 3.8) is 0 Å². The van der Waals surface area contributed by atoms with Crippen LogP contribution in [0.1, 0.15) is 19.3 Å². The maximum Gasteiger partial charge on any atom is 0.407 e. The number of ether oxygens (including phenoxy) is 2. The molecule has 0 saturated heterocycles. The molecule has 0 aliphatic heterocycles. The minimum Gasteiger partial charge on any atom is -0.480 e. The van der Waals surface area contributed by atoms with E-state index in [1.54, 1.807) is 0 Å². The van der Waals surface area contributed by atoms with Gasteiger partial charge in [-0.05, 0) is 19.3 Å². The van der Waals surface area contributed by atoms with Gasteiger partial charge in [-0.15, -0.1) is 0 Å². The molecule has 0 aromatic heterocycles. The Kier molecular flexibility index (Phi) is 8.08. The van der Waals surface area contributed by atoms with Crippen LogP contribution in [-0.4, -0.2) is 50.1 Å². The van der Waals surface area contributed by atoms with E-state index in [1.807, 2.05) is 0 Å². The molecule has 0 aliphatic rings. The van der Waals surface area contributed by atoms with Gasteiger partial charge in [-0.2, -0.15) is 0 Å². The number of unbranched alkanes of at least 4 members (excludes halogenated alkanes) is 1. The van der Waals surface area contributed by atoms with Crippen molar-refractivity contribution in [3.8, 4) is 0 Å². The highest BCUT2D eigenvalue weighted by Gasteiger charge is 2.19. The summed E-state index contributed by atoms with van der Waals surface area (Å²) in [7, 11) is 2.42. The summed E-state index contributed by atoms with van der Waals surface area (Å²) in [6.07, 6.45) is 0.0625. The van der Waals surface area contributed by atoms with Crippen LogP contribution in [-0.2, 0) is 14.3 Å². The first-order chi connectivity index (χ1) is 8.51. The quantitative estimate of drug-likeness (QED) is 0.569. The van der Waals surface area contributed by atoms with E-state index in [1.165, 1.54) is 7.11 Å². The summed E-state index contributed by atoms with van der Waals surface area (Å²) in [5, 5.41) is 13.5. The number of hydrogen-bond donors (Lipinski definition) is 3. The monoisotopic (exact) mass is 262 g/mol. The van der Waals surface area contributed by atoms with Crippen molar-refractivity contribution in [2.75, 3.05) is 20.8 Å². The molecule has 0 radical (unpaired) electrons. The SMILES string of the molecule is COC(=O)NCCCCC(NC(=O)OC)C(=O)O. The van der Waals surface area contributed by atoms with E-state index in [-0.39, 0.29) is 6.42 Å². The summed E-state index contributed by atoms with van der Waals surface area (Å²) in [4.78, 5) is 32.4. The fourth-order valence-electron chi connectivity index (χ4n) is 1.19. The van der Waals surface area contributed by atoms with Gasteiger partial charge in [-0.3, -0.25) is 0 Å². The lowest BCUT2D eigenvalue weighted by atomic mass is 10.1. The number of carboxylic acid groups (broad SMARTS) is 1. The Morgan fingerprint density at radius 2 is 1.72 bits per heavy atom. The number of carboxylic acids is 1. The van der Waals surface area contributed by atoms with E-state index in [9.17, 15) is 14.4 Å². The molecule has 8 nitrogen and oxygen atoms in total. The summed E-state index contributed by atoms with van der Waals surface area (Å²) in [5.74, 6) is -1.12. The van der Waals surface area contributed by atoms with E-state index in [0.717, 1.165) is 7.11 Å². The van der Waals surface area contributed by atoms with Crippen LogP contribution in [0.4, 0.5) is 9.59 Å². The molecule has 104 valence electrons. The average Bonchev–Trinajstić information content (AvgIpc) is 2.35. The van der Waals surface area contributed by atoms with Crippen LogP contribution in [0.3, 0.4) is 0 Å². The summed E-state index contributed by atoms with van der Waals surface area (Å²) >= 11 is 0. The fourth-order valence-corrected chi connectivity index (χ4v) is 1.19. The van der Waals surface area contributed by atoms with Crippen molar-refractivity contribution in [1.29, 1.82) is 0 Å². The number of amides is 2. The lowest BCUT2D eigenvalue weighted by molar-refractivity contribution is -0.139. The molecule has 0 bridgehead atoms. The third-order valence-electron chi connectivity index (χ3n) is 2.15. The van der Waals surface area contributed by atoms with Crippen LogP contribution < -0.4 is 10.6 Å². The second-order valence-corrected chi connectivity index (χ2v) is 3.44. The van der Waals surface area contributed by atoms with Crippen LogP contribution in [0, 0.1) is 0 Å². The normalized spacial score (nSPS) is 11.2. The predicted octanol–water partition coefficient (Wildman–Crippen LogP) is 0.322. The third kappa shape index (κ3) is 7.31. The van der Waals surface area contributed by atoms with Crippen LogP contribution in [0.5, 0.6) is 0 Å². The second kappa shape index (κ2) is 9.08. The van der Waals surface area contributed by atoms with Gasteiger partial charge in [-0.25, -0.2) is 14.4 Å². The van der Waals surface area contributed by atoms with Crippen LogP contribution >= 0.6 is 0 Å². The van der Waals surface area contributed by atoms with Gasteiger partial charge in [0.15, 0.2) is 0 Å². The molecule has 1 unspecified atom stereocenters. The minimum atomic E-state index is -1.12. The summed E-state index contributed by atoms with van der Waals surface area (Å²) in [6, 6.07) is -0.990. The van der Waals surface area contributed by atoms with E-state index in [2.05, 4.69) is 20.1 Å². The van der Waals surface area contributed by atoms with Crippen LogP contribution in [0.2, 0.25) is 0 Å². The fraction of sp³-hybridized carbons (Fsp3) is 0.700. The third-order valence-corrected chi connectivity index (χ3v) is 2.15. The molecule has 0 saturated carbocycles. The highest BCUT2D eigenvalue weighted by molar-refractivity contribution is 5.79. The predicted molar refractivity (Wildman–Crippen MR) is 61.2 cm³/mol. The number of alkyl carbamates (subject to hydrolysis) is 2. The van der Waals surface area contributed by atoms with Gasteiger partial charge in [0.25, 0.3) is 0 Å². The van der Waals surface area contributed by atoms with E-state index in [0.29, 0.717) is 19.4 Å². The minimum absolute atomic E-state index is 0.257. The highest BCUT2D eigenvalue weighted by Crippen LogP contribution is 2.01. The largest absolute Gasteiger partial charge is 0.480 e. The molecule has 0 fully saturated rings. The molecule has 18 heavy (non-hydrogen) atoms. The summed E-state index contributed by atoms with van der Waals surface area (Å²) < 4.78 is 8.68. The first-order valence-corrected chi connectivity index (χ1v) is 5.40. The smallest absolute Gasteiger partial charge is 0.407 e. The zero-order valence-electron chi connectivity index (χ0n) is 10.4. The van der Waals surface area contributed by atoms with Crippen molar-refractivity contribution in [2.24, 2.45) is 0 Å². The van der Waals surface area contributed by atoms with Gasteiger partial charge >= 0.3 is 18.2 Å². The zero-order valence-corrected chi connectivity index (χ0v) is 10.4. The van der Waals surface area contributed by atoms with Gasteiger partial charge in [0, 0.05) is 6.54 Å². The molecule has 0 aromatic carbocycles. The topological polar surface area (TPSA) is 114 Å². The van der Waals surface area contributed by atoms with Crippen molar-refractivity contribution in [3.05, 3.63) is 0 Å². The van der Waals surface area contributed by atoms with Crippen molar-refractivity contribution < 1.29 is 29.0 Å². The number of hydrogen-bond acceptors (Lipinski definition) is 5. The van der Waals surface area contributed by atoms with Gasteiger partial charge < -0.3 is 25.2 Å². The van der Waals surface area contributed by atoms with Gasteiger partial charge in [-0.1, -0.05) is 0 Å². The Bertz CT molecular complexity index is 294. The lowest BCUT2D eigenvalue weighted by Crippen LogP contribution is -2.40. The first-order valence-electron chi connectivity index (χ1n) is 5.40. The van der Waals surface area contributed by atoms with Gasteiger partial charge in [0.2, 0.25) is 0 Å². The number of rotatable bonds is 7. The number of aliphatic carboxylic acids is 1. The molecule has 0 heterocycles. The molecule has 0 aromatic rings. The first kappa shape index (κ1) is 16.0. The molecule has 8 heteroatoms. The van der Waals surface area contributed by atoms with Crippen LogP contribution in [0.25, 0.3) is 0 Å². The highest BCUT2D eigenvalue weighted by atomic mass is 16.5. The van der Waals surface area contributed by atoms with Crippen molar-refractivity contribution >= 4 is 18.2 Å². The zero-order chi connectivity index (χ0) is 14.0. The second-order valence-electron chi connectivity index (χ2n) is 3.44. The summed E-state index contributed by atoms with van der Waals surface area (Å²) in [5.41, 5.74) is 0. The van der Waals surface area contributed by atoms with Crippen LogP contribution in [0.15, 0.2) is 0 Å². The number of carbonyl (C=O) groups excluding carboxylic acids is 2. The van der Waals surface area contributed by atoms with E-state index < -0.39 is 24.2 Å². The Morgan fingerprint density at radius 1 is 1.11 bits per heavy atom. The van der Waals surface area contributed by atoms with E-state index >= 15 is 0 Å². The molecule has 2 amide bonds. The van der Waals surface area contributed by atoms with Gasteiger partial charge in [0.05, 0.1) is 14.2 Å². The number of methoxy groups -OCH3 is 2. The number of nitrogens with one attached hydrogen (secondary N) is 2. The Morgan fingerprint density at radius 3 is 2.22 bits per heavy atom. The molecular formula is C10H18N2O6. The molecule has 3 N–H and O–H groups in total. The number of carbonyl (C=O) groups is 3. The Labute approximate surface area is 105 Å². The lowest BCUT2D eigenvalue weighted by Gasteiger charge is -2.13. The molecule has 0 spiro atoms. The summed E-state index contributed by atoms with van der Waals surface area (Å²) in [6.45, 7) is 0.386. The van der Waals surface area contributed by atoms with Crippen molar-refractivity contribution in [2.45, 2.75) is 25.3 Å². The Hall–Kier alpha value is -1.99. The van der Waals surface area contributed by atoms with Crippen molar-refractivity contribution in [1.82, 2.24) is 10.6 Å². The van der Waals surface area contributed by atoms with Gasteiger partial charge in [0.1, 0.15) is 6.04 Å². The molecule has 0 rings (SSSR count). The molecule has 0 aliphatic carbocycles. The maximum atomic E-state index is 10.9.